The number of aryl methyl sites for hydroxylation is 4. The second kappa shape index (κ2) is 5.99. The van der Waals surface area contributed by atoms with Gasteiger partial charge in [-0.25, -0.2) is 0 Å². The van der Waals surface area contributed by atoms with Crippen LogP contribution in [0.2, 0.25) is 5.02 Å². The highest BCUT2D eigenvalue weighted by atomic mass is 35.5. The van der Waals surface area contributed by atoms with E-state index in [1.54, 1.807) is 0 Å². The van der Waals surface area contributed by atoms with Crippen molar-refractivity contribution in [3.05, 3.63) is 68.7 Å². The summed E-state index contributed by atoms with van der Waals surface area (Å²) in [5.74, 6) is 0. The molecule has 0 radical (unpaired) electrons. The number of aliphatic hydroxyl groups excluding tert-OH is 1. The van der Waals surface area contributed by atoms with Gasteiger partial charge in [-0.15, -0.1) is 0 Å². The minimum atomic E-state index is -0.566. The molecule has 0 bridgehead atoms. The Morgan fingerprint density at radius 2 is 1.55 bits per heavy atom. The molecule has 1 unspecified atom stereocenters. The van der Waals surface area contributed by atoms with E-state index in [4.69, 9.17) is 11.6 Å². The second-order valence-corrected chi connectivity index (χ2v) is 6.03. The molecule has 0 spiro atoms. The van der Waals surface area contributed by atoms with E-state index in [1.165, 1.54) is 22.3 Å². The predicted molar refractivity (Wildman–Crippen MR) is 85.5 cm³/mol. The molecule has 1 atom stereocenters. The van der Waals surface area contributed by atoms with Crippen LogP contribution in [-0.4, -0.2) is 5.11 Å². The van der Waals surface area contributed by atoms with Gasteiger partial charge in [0.25, 0.3) is 0 Å². The first-order valence-corrected chi connectivity index (χ1v) is 7.27. The fourth-order valence-corrected chi connectivity index (χ4v) is 3.10. The van der Waals surface area contributed by atoms with Gasteiger partial charge in [0, 0.05) is 11.4 Å². The van der Waals surface area contributed by atoms with Crippen molar-refractivity contribution in [2.75, 3.05) is 0 Å². The fraction of sp³-hybridized carbons (Fsp3) is 0.333. The number of hydrogen-bond acceptors (Lipinski definition) is 1. The number of benzene rings is 2. The molecule has 2 aromatic carbocycles. The van der Waals surface area contributed by atoms with Gasteiger partial charge < -0.3 is 5.11 Å². The van der Waals surface area contributed by atoms with Gasteiger partial charge in [0.15, 0.2) is 0 Å². The van der Waals surface area contributed by atoms with Crippen LogP contribution in [0.1, 0.15) is 39.5 Å². The topological polar surface area (TPSA) is 20.2 Å². The summed E-state index contributed by atoms with van der Waals surface area (Å²) in [6.07, 6.45) is 0.0315. The summed E-state index contributed by atoms with van der Waals surface area (Å²) in [6.45, 7) is 8.28. The highest BCUT2D eigenvalue weighted by Gasteiger charge is 2.15. The SMILES string of the molecule is Cc1cc(C)c(CC(O)c2ccc(C)cc2Cl)c(C)c1. The number of halogens is 1. The van der Waals surface area contributed by atoms with E-state index in [0.717, 1.165) is 11.1 Å². The lowest BCUT2D eigenvalue weighted by Crippen LogP contribution is -2.06. The molecule has 0 aliphatic carbocycles. The highest BCUT2D eigenvalue weighted by molar-refractivity contribution is 6.31. The molecular weight excluding hydrogens is 268 g/mol. The van der Waals surface area contributed by atoms with E-state index in [0.29, 0.717) is 11.4 Å². The first kappa shape index (κ1) is 15.1. The third kappa shape index (κ3) is 3.23. The van der Waals surface area contributed by atoms with Crippen LogP contribution in [-0.2, 0) is 6.42 Å². The Morgan fingerprint density at radius 1 is 0.950 bits per heavy atom. The zero-order chi connectivity index (χ0) is 14.9. The minimum Gasteiger partial charge on any atom is -0.388 e. The zero-order valence-electron chi connectivity index (χ0n) is 12.5. The van der Waals surface area contributed by atoms with Crippen molar-refractivity contribution in [2.45, 2.75) is 40.2 Å². The maximum absolute atomic E-state index is 10.5. The lowest BCUT2D eigenvalue weighted by atomic mass is 9.93. The summed E-state index contributed by atoms with van der Waals surface area (Å²) >= 11 is 6.24. The van der Waals surface area contributed by atoms with Crippen LogP contribution in [0.25, 0.3) is 0 Å². The largest absolute Gasteiger partial charge is 0.388 e. The van der Waals surface area contributed by atoms with Crippen molar-refractivity contribution in [2.24, 2.45) is 0 Å². The summed E-state index contributed by atoms with van der Waals surface area (Å²) in [5, 5.41) is 11.1. The Labute approximate surface area is 126 Å². The molecule has 20 heavy (non-hydrogen) atoms. The van der Waals surface area contributed by atoms with Gasteiger partial charge in [-0.1, -0.05) is 41.4 Å². The van der Waals surface area contributed by atoms with Crippen LogP contribution in [0.4, 0.5) is 0 Å². The van der Waals surface area contributed by atoms with Crippen LogP contribution in [0, 0.1) is 27.7 Å². The Bertz CT molecular complexity index is 608. The van der Waals surface area contributed by atoms with Gasteiger partial charge in [0.05, 0.1) is 6.10 Å². The van der Waals surface area contributed by atoms with Gasteiger partial charge in [-0.05, 0) is 61.6 Å². The molecule has 1 N–H and O–H groups in total. The van der Waals surface area contributed by atoms with Gasteiger partial charge in [-0.3, -0.25) is 0 Å². The average Bonchev–Trinajstić information content (AvgIpc) is 2.33. The van der Waals surface area contributed by atoms with Crippen molar-refractivity contribution >= 4 is 11.6 Å². The third-order valence-electron chi connectivity index (χ3n) is 3.75. The highest BCUT2D eigenvalue weighted by Crippen LogP contribution is 2.29. The Kier molecular flexibility index (Phi) is 4.52. The summed E-state index contributed by atoms with van der Waals surface area (Å²) in [4.78, 5) is 0. The molecule has 106 valence electrons. The molecule has 0 fully saturated rings. The molecule has 0 aromatic heterocycles. The molecule has 2 aromatic rings. The number of hydrogen-bond donors (Lipinski definition) is 1. The number of aliphatic hydroxyl groups is 1. The lowest BCUT2D eigenvalue weighted by Gasteiger charge is -2.17. The van der Waals surface area contributed by atoms with Crippen LogP contribution >= 0.6 is 11.6 Å². The van der Waals surface area contributed by atoms with Crippen LogP contribution in [0.3, 0.4) is 0 Å². The van der Waals surface area contributed by atoms with Crippen LogP contribution in [0.15, 0.2) is 30.3 Å². The van der Waals surface area contributed by atoms with E-state index in [-0.39, 0.29) is 0 Å². The van der Waals surface area contributed by atoms with Crippen molar-refractivity contribution in [1.29, 1.82) is 0 Å². The smallest absolute Gasteiger partial charge is 0.0844 e. The fourth-order valence-electron chi connectivity index (χ4n) is 2.74. The predicted octanol–water partition coefficient (Wildman–Crippen LogP) is 4.85. The van der Waals surface area contributed by atoms with E-state index in [2.05, 4.69) is 32.9 Å². The Balaban J connectivity index is 2.30. The summed E-state index contributed by atoms with van der Waals surface area (Å²) < 4.78 is 0. The van der Waals surface area contributed by atoms with E-state index >= 15 is 0 Å². The summed E-state index contributed by atoms with van der Waals surface area (Å²) in [5.41, 5.74) is 6.83. The van der Waals surface area contributed by atoms with Gasteiger partial charge >= 0.3 is 0 Å². The van der Waals surface area contributed by atoms with E-state index < -0.39 is 6.10 Å². The van der Waals surface area contributed by atoms with Crippen molar-refractivity contribution in [3.8, 4) is 0 Å². The quantitative estimate of drug-likeness (QED) is 0.856. The standard InChI is InChI=1S/C18H21ClO/c1-11-5-6-15(17(19)9-11)18(20)10-16-13(3)7-12(2)8-14(16)4/h5-9,18,20H,10H2,1-4H3. The third-order valence-corrected chi connectivity index (χ3v) is 4.08. The molecule has 0 saturated heterocycles. The van der Waals surface area contributed by atoms with Gasteiger partial charge in [0.1, 0.15) is 0 Å². The molecule has 2 rings (SSSR count). The van der Waals surface area contributed by atoms with E-state index in [1.807, 2.05) is 25.1 Å². The average molecular weight is 289 g/mol. The second-order valence-electron chi connectivity index (χ2n) is 5.62. The maximum Gasteiger partial charge on any atom is 0.0844 e. The Hall–Kier alpha value is -1.31. The molecule has 2 heteroatoms. The van der Waals surface area contributed by atoms with Crippen LogP contribution in [0.5, 0.6) is 0 Å². The molecule has 0 amide bonds. The molecule has 0 heterocycles. The maximum atomic E-state index is 10.5. The van der Waals surface area contributed by atoms with Crippen molar-refractivity contribution in [1.82, 2.24) is 0 Å². The van der Waals surface area contributed by atoms with Gasteiger partial charge in [-0.2, -0.15) is 0 Å². The summed E-state index contributed by atoms with van der Waals surface area (Å²) in [7, 11) is 0. The van der Waals surface area contributed by atoms with E-state index in [9.17, 15) is 5.11 Å². The summed E-state index contributed by atoms with van der Waals surface area (Å²) in [6, 6.07) is 10.1. The monoisotopic (exact) mass is 288 g/mol. The van der Waals surface area contributed by atoms with Gasteiger partial charge in [0.2, 0.25) is 0 Å². The minimum absolute atomic E-state index is 0.566. The lowest BCUT2D eigenvalue weighted by molar-refractivity contribution is 0.178. The zero-order valence-corrected chi connectivity index (χ0v) is 13.3. The van der Waals surface area contributed by atoms with Crippen molar-refractivity contribution < 1.29 is 5.11 Å². The molecule has 0 aliphatic heterocycles. The van der Waals surface area contributed by atoms with Crippen LogP contribution < -0.4 is 0 Å². The molecule has 0 saturated carbocycles. The normalized spacial score (nSPS) is 12.5. The number of rotatable bonds is 3. The van der Waals surface area contributed by atoms with Crippen molar-refractivity contribution in [3.63, 3.8) is 0 Å². The molecule has 1 nitrogen and oxygen atoms in total. The first-order chi connectivity index (χ1) is 9.38. The molecular formula is C18H21ClO. The Morgan fingerprint density at radius 3 is 2.10 bits per heavy atom. The molecule has 0 aliphatic rings. The first-order valence-electron chi connectivity index (χ1n) is 6.89.